The van der Waals surface area contributed by atoms with Crippen LogP contribution in [-0.4, -0.2) is 53.1 Å². The molecule has 1 aromatic heterocycles. The summed E-state index contributed by atoms with van der Waals surface area (Å²) in [6.07, 6.45) is 1.78. The Kier molecular flexibility index (Phi) is 5.62. The average molecular weight is 446 g/mol. The van der Waals surface area contributed by atoms with Crippen molar-refractivity contribution in [2.24, 2.45) is 5.92 Å². The number of ketones is 1. The lowest BCUT2D eigenvalue weighted by Gasteiger charge is -2.37. The van der Waals surface area contributed by atoms with Gasteiger partial charge < -0.3 is 19.3 Å². The van der Waals surface area contributed by atoms with Gasteiger partial charge in [0.2, 0.25) is 5.43 Å². The van der Waals surface area contributed by atoms with Crippen LogP contribution in [0.2, 0.25) is 0 Å². The molecule has 32 heavy (non-hydrogen) atoms. The Labute approximate surface area is 183 Å². The molecular weight excluding hydrogens is 422 g/mol. The number of likely N-dealkylation sites (N-methyl/N-ethyl adjacent to an activating group) is 1. The fraction of sp³-hybridized carbons (Fsp3) is 0.435. The molecule has 4 rings (SSSR count). The molecule has 2 atom stereocenters. The Bertz CT molecular complexity index is 1160. The van der Waals surface area contributed by atoms with Crippen LogP contribution in [0, 0.1) is 17.6 Å². The molecule has 170 valence electrons. The van der Waals surface area contributed by atoms with Gasteiger partial charge in [0.05, 0.1) is 17.7 Å². The number of ether oxygens (including phenoxy) is 1. The largest absolute Gasteiger partial charge is 0.503 e. The number of fused-ring (bicyclic) bond motifs is 2. The molecule has 0 saturated heterocycles. The Morgan fingerprint density at radius 3 is 2.72 bits per heavy atom. The molecule has 1 amide bonds. The predicted octanol–water partition coefficient (Wildman–Crippen LogP) is 2.48. The number of amides is 1. The Morgan fingerprint density at radius 1 is 1.31 bits per heavy atom. The predicted molar refractivity (Wildman–Crippen MR) is 111 cm³/mol. The standard InChI is InChI=1S/C23H24F2N2O5/c1-3-26-12-23(9-14(23)11-32-2)27-10-16(20(29)21(30)19(27)22(26)31)18(28)7-5-13-4-6-15(24)8-17(13)25/h4,6,8,10,14,30H,3,5,7,9,11-12H2,1-2H3/t14-,23-/m1/s1. The van der Waals surface area contributed by atoms with Crippen molar-refractivity contribution in [2.75, 3.05) is 26.8 Å². The maximum absolute atomic E-state index is 13.9. The van der Waals surface area contributed by atoms with Crippen LogP contribution in [0.15, 0.2) is 29.2 Å². The Morgan fingerprint density at radius 2 is 2.06 bits per heavy atom. The summed E-state index contributed by atoms with van der Waals surface area (Å²) in [5.74, 6) is -3.24. The molecule has 1 aliphatic carbocycles. The number of aryl methyl sites for hydroxylation is 1. The first-order valence-corrected chi connectivity index (χ1v) is 10.5. The number of halogens is 2. The molecule has 1 saturated carbocycles. The third kappa shape index (κ3) is 3.50. The van der Waals surface area contributed by atoms with Crippen molar-refractivity contribution in [1.29, 1.82) is 0 Å². The van der Waals surface area contributed by atoms with Crippen LogP contribution in [0.5, 0.6) is 5.75 Å². The summed E-state index contributed by atoms with van der Waals surface area (Å²) in [4.78, 5) is 40.1. The van der Waals surface area contributed by atoms with E-state index in [4.69, 9.17) is 4.74 Å². The number of pyridine rings is 1. The lowest BCUT2D eigenvalue weighted by molar-refractivity contribution is 0.0622. The molecule has 0 bridgehead atoms. The first kappa shape index (κ1) is 22.1. The van der Waals surface area contributed by atoms with Gasteiger partial charge >= 0.3 is 0 Å². The number of nitrogens with zero attached hydrogens (tertiary/aromatic N) is 2. The number of hydrogen-bond acceptors (Lipinski definition) is 5. The van der Waals surface area contributed by atoms with Gasteiger partial charge in [-0.1, -0.05) is 6.07 Å². The van der Waals surface area contributed by atoms with E-state index in [1.165, 1.54) is 12.3 Å². The number of methoxy groups -OCH3 is 1. The number of aromatic nitrogens is 1. The van der Waals surface area contributed by atoms with Gasteiger partial charge in [-0.15, -0.1) is 0 Å². The van der Waals surface area contributed by atoms with Crippen LogP contribution in [-0.2, 0) is 16.7 Å². The molecule has 2 heterocycles. The van der Waals surface area contributed by atoms with Crippen molar-refractivity contribution < 1.29 is 28.2 Å². The second kappa shape index (κ2) is 8.12. The van der Waals surface area contributed by atoms with E-state index in [-0.39, 0.29) is 35.6 Å². The van der Waals surface area contributed by atoms with Crippen molar-refractivity contribution >= 4 is 11.7 Å². The van der Waals surface area contributed by atoms with Gasteiger partial charge in [0.25, 0.3) is 5.91 Å². The van der Waals surface area contributed by atoms with Crippen LogP contribution in [0.3, 0.4) is 0 Å². The van der Waals surface area contributed by atoms with Crippen molar-refractivity contribution in [2.45, 2.75) is 31.7 Å². The van der Waals surface area contributed by atoms with Crippen LogP contribution >= 0.6 is 0 Å². The quantitative estimate of drug-likeness (QED) is 0.661. The fourth-order valence-corrected chi connectivity index (χ4v) is 4.62. The summed E-state index contributed by atoms with van der Waals surface area (Å²) in [7, 11) is 1.57. The first-order chi connectivity index (χ1) is 15.2. The highest BCUT2D eigenvalue weighted by atomic mass is 19.1. The van der Waals surface area contributed by atoms with Gasteiger partial charge in [0.15, 0.2) is 17.2 Å². The summed E-state index contributed by atoms with van der Waals surface area (Å²) in [5.41, 5.74) is -1.71. The van der Waals surface area contributed by atoms with E-state index in [0.29, 0.717) is 26.1 Å². The SMILES string of the molecule is CCN1C[C@@]2(C[C@@H]2COC)n2cc(C(=O)CCc3ccc(F)cc3F)c(=O)c(O)c2C1=O. The summed E-state index contributed by atoms with van der Waals surface area (Å²) < 4.78 is 33.8. The second-order valence-electron chi connectivity index (χ2n) is 8.38. The molecule has 1 N–H and O–H groups in total. The highest BCUT2D eigenvalue weighted by molar-refractivity contribution is 6.00. The zero-order valence-corrected chi connectivity index (χ0v) is 17.9. The Hall–Kier alpha value is -3.07. The number of Topliss-reactive ketones (excluding diaryl/α,β-unsaturated/α-hetero) is 1. The lowest BCUT2D eigenvalue weighted by atomic mass is 10.00. The number of hydrogen-bond donors (Lipinski definition) is 1. The zero-order chi connectivity index (χ0) is 23.2. The van der Waals surface area contributed by atoms with Gasteiger partial charge in [-0.05, 0) is 31.4 Å². The molecule has 1 fully saturated rings. The monoisotopic (exact) mass is 446 g/mol. The molecule has 0 radical (unpaired) electrons. The van der Waals surface area contributed by atoms with Gasteiger partial charge in [0, 0.05) is 44.8 Å². The lowest BCUT2D eigenvalue weighted by Crippen LogP contribution is -2.49. The van der Waals surface area contributed by atoms with Gasteiger partial charge in [-0.2, -0.15) is 0 Å². The normalized spacial score (nSPS) is 21.7. The van der Waals surface area contributed by atoms with Crippen molar-refractivity contribution in [1.82, 2.24) is 9.47 Å². The molecule has 1 aromatic carbocycles. The summed E-state index contributed by atoms with van der Waals surface area (Å²) in [6, 6.07) is 3.08. The molecule has 7 nitrogen and oxygen atoms in total. The maximum atomic E-state index is 13.9. The highest BCUT2D eigenvalue weighted by Gasteiger charge is 2.60. The van der Waals surface area contributed by atoms with E-state index in [1.54, 1.807) is 16.6 Å². The van der Waals surface area contributed by atoms with Crippen LogP contribution in [0.4, 0.5) is 8.78 Å². The van der Waals surface area contributed by atoms with Crippen molar-refractivity contribution in [3.8, 4) is 5.75 Å². The minimum absolute atomic E-state index is 0.0348. The Balaban J connectivity index is 1.70. The maximum Gasteiger partial charge on any atom is 0.274 e. The molecule has 0 unspecified atom stereocenters. The third-order valence-corrected chi connectivity index (χ3v) is 6.50. The topological polar surface area (TPSA) is 88.8 Å². The highest BCUT2D eigenvalue weighted by Crippen LogP contribution is 2.54. The summed E-state index contributed by atoms with van der Waals surface area (Å²) in [5, 5.41) is 10.6. The van der Waals surface area contributed by atoms with Gasteiger partial charge in [0.1, 0.15) is 11.6 Å². The van der Waals surface area contributed by atoms with E-state index in [9.17, 15) is 28.3 Å². The second-order valence-corrected chi connectivity index (χ2v) is 8.38. The van der Waals surface area contributed by atoms with E-state index in [2.05, 4.69) is 0 Å². The van der Waals surface area contributed by atoms with Crippen molar-refractivity contribution in [3.05, 3.63) is 63.1 Å². The molecule has 2 aliphatic rings. The van der Waals surface area contributed by atoms with E-state index in [1.807, 2.05) is 6.92 Å². The van der Waals surface area contributed by atoms with Crippen LogP contribution in [0.1, 0.15) is 46.2 Å². The number of benzene rings is 1. The number of rotatable bonds is 7. The summed E-state index contributed by atoms with van der Waals surface area (Å²) in [6.45, 7) is 3.06. The van der Waals surface area contributed by atoms with E-state index in [0.717, 1.165) is 12.1 Å². The fourth-order valence-electron chi connectivity index (χ4n) is 4.62. The van der Waals surface area contributed by atoms with Crippen LogP contribution < -0.4 is 5.43 Å². The molecule has 1 aliphatic heterocycles. The van der Waals surface area contributed by atoms with E-state index >= 15 is 0 Å². The molecular formula is C23H24F2N2O5. The van der Waals surface area contributed by atoms with Crippen LogP contribution in [0.25, 0.3) is 0 Å². The summed E-state index contributed by atoms with van der Waals surface area (Å²) >= 11 is 0. The van der Waals surface area contributed by atoms with Crippen molar-refractivity contribution in [3.63, 3.8) is 0 Å². The zero-order valence-electron chi connectivity index (χ0n) is 17.9. The molecule has 1 spiro atoms. The van der Waals surface area contributed by atoms with Gasteiger partial charge in [-0.25, -0.2) is 8.78 Å². The smallest absolute Gasteiger partial charge is 0.274 e. The molecule has 2 aromatic rings. The minimum atomic E-state index is -0.925. The number of carbonyl (C=O) groups excluding carboxylic acids is 2. The first-order valence-electron chi connectivity index (χ1n) is 10.5. The average Bonchev–Trinajstić information content (AvgIpc) is 3.44. The third-order valence-electron chi connectivity index (χ3n) is 6.50. The number of carbonyl (C=O) groups is 2. The number of aromatic hydroxyl groups is 1. The van der Waals surface area contributed by atoms with Gasteiger partial charge in [-0.3, -0.25) is 14.4 Å². The minimum Gasteiger partial charge on any atom is -0.503 e. The van der Waals surface area contributed by atoms with E-state index < -0.39 is 40.0 Å². The molecule has 9 heteroatoms.